The van der Waals surface area contributed by atoms with Gasteiger partial charge >= 0.3 is 65.0 Å². The van der Waals surface area contributed by atoms with E-state index in [2.05, 4.69) is 4.94 Å². The molecule has 0 aliphatic carbocycles. The van der Waals surface area contributed by atoms with Crippen LogP contribution in [0.5, 0.6) is 10.4 Å². The van der Waals surface area contributed by atoms with Crippen LogP contribution in [0, 0.1) is 0 Å². The second-order valence-electron chi connectivity index (χ2n) is 2.31. The van der Waals surface area contributed by atoms with Crippen LogP contribution in [0.15, 0.2) is 11.0 Å². The zero-order valence-electron chi connectivity index (χ0n) is 5.66. The van der Waals surface area contributed by atoms with Gasteiger partial charge in [0.05, 0.1) is 0 Å². The number of ether oxygens (including phenoxy) is 2. The van der Waals surface area contributed by atoms with Gasteiger partial charge < -0.3 is 0 Å². The minimum absolute atomic E-state index is 0.220. The molecule has 0 aromatic carbocycles. The van der Waals surface area contributed by atoms with E-state index in [0.717, 1.165) is 10.4 Å². The van der Waals surface area contributed by atoms with Crippen molar-refractivity contribution in [3.05, 3.63) is 11.0 Å². The van der Waals surface area contributed by atoms with E-state index in [-0.39, 0.29) is 6.10 Å². The average Bonchev–Trinajstić information content (AvgIpc) is 2.33. The van der Waals surface area contributed by atoms with E-state index in [0.29, 0.717) is 21.1 Å². The molecular formula is C7H8O2Se. The first kappa shape index (κ1) is 6.32. The summed E-state index contributed by atoms with van der Waals surface area (Å²) >= 11 is 0.398. The monoisotopic (exact) mass is 204 g/mol. The summed E-state index contributed by atoms with van der Waals surface area (Å²) < 4.78 is 12.0. The Morgan fingerprint density at radius 3 is 3.50 bits per heavy atom. The number of rotatable bonds is 0. The Labute approximate surface area is 65.5 Å². The Kier molecular flexibility index (Phi) is 1.47. The zero-order chi connectivity index (χ0) is 6.97. The summed E-state index contributed by atoms with van der Waals surface area (Å²) in [4.78, 5) is 2.12. The van der Waals surface area contributed by atoms with E-state index in [1.54, 1.807) is 0 Å². The fraction of sp³-hybridized carbons (Fsp3) is 0.429. The molecule has 0 N–H and O–H groups in total. The molecule has 1 aliphatic heterocycles. The Morgan fingerprint density at radius 1 is 1.70 bits per heavy atom. The molecule has 2 rings (SSSR count). The number of hydrogen-bond donors (Lipinski definition) is 0. The van der Waals surface area contributed by atoms with Crippen molar-refractivity contribution in [3.8, 4) is 10.4 Å². The third-order valence-corrected chi connectivity index (χ3v) is 3.06. The Balaban J connectivity index is 2.30. The third kappa shape index (κ3) is 0.957. The average molecular weight is 203 g/mol. The second kappa shape index (κ2) is 2.33. The quantitative estimate of drug-likeness (QED) is 0.583. The van der Waals surface area contributed by atoms with Crippen molar-refractivity contribution in [2.45, 2.75) is 13.0 Å². The summed E-state index contributed by atoms with van der Waals surface area (Å²) in [6, 6.07) is 2.00. The summed E-state index contributed by atoms with van der Waals surface area (Å²) in [5, 5.41) is 0. The fourth-order valence-electron chi connectivity index (χ4n) is 0.920. The molecule has 1 unspecified atom stereocenters. The maximum atomic E-state index is 5.49. The molecule has 1 aromatic rings. The molecule has 1 aromatic heterocycles. The van der Waals surface area contributed by atoms with Gasteiger partial charge in [-0.3, -0.25) is 0 Å². The van der Waals surface area contributed by atoms with Crippen LogP contribution < -0.4 is 9.47 Å². The van der Waals surface area contributed by atoms with Gasteiger partial charge in [-0.1, -0.05) is 0 Å². The number of hydrogen-bond acceptors (Lipinski definition) is 2. The molecule has 0 radical (unpaired) electrons. The van der Waals surface area contributed by atoms with Gasteiger partial charge in [0.1, 0.15) is 0 Å². The molecular weight excluding hydrogens is 195 g/mol. The SMILES string of the molecule is CC1COc2[se]ccc2O1. The number of fused-ring (bicyclic) bond motifs is 1. The van der Waals surface area contributed by atoms with E-state index < -0.39 is 0 Å². The summed E-state index contributed by atoms with van der Waals surface area (Å²) in [5.74, 6) is 0.957. The van der Waals surface area contributed by atoms with Crippen LogP contribution in [-0.2, 0) is 0 Å². The first-order valence-electron chi connectivity index (χ1n) is 3.23. The van der Waals surface area contributed by atoms with Crippen LogP contribution in [-0.4, -0.2) is 27.2 Å². The van der Waals surface area contributed by atoms with Crippen LogP contribution >= 0.6 is 0 Å². The Morgan fingerprint density at radius 2 is 2.60 bits per heavy atom. The summed E-state index contributed by atoms with van der Waals surface area (Å²) in [5.41, 5.74) is 0. The molecule has 1 atom stereocenters. The Bertz CT molecular complexity index is 231. The molecule has 0 saturated carbocycles. The molecule has 54 valence electrons. The van der Waals surface area contributed by atoms with E-state index >= 15 is 0 Å². The van der Waals surface area contributed by atoms with Crippen LogP contribution in [0.1, 0.15) is 6.92 Å². The molecule has 0 saturated heterocycles. The van der Waals surface area contributed by atoms with Gasteiger partial charge in [-0.05, 0) is 0 Å². The van der Waals surface area contributed by atoms with Crippen LogP contribution in [0.3, 0.4) is 0 Å². The molecule has 1 aliphatic rings. The van der Waals surface area contributed by atoms with Crippen molar-refractivity contribution in [2.75, 3.05) is 6.61 Å². The van der Waals surface area contributed by atoms with Crippen LogP contribution in [0.4, 0.5) is 0 Å². The summed E-state index contributed by atoms with van der Waals surface area (Å²) in [7, 11) is 0. The topological polar surface area (TPSA) is 18.5 Å². The Hall–Kier alpha value is -0.401. The van der Waals surface area contributed by atoms with Crippen molar-refractivity contribution in [1.29, 1.82) is 0 Å². The van der Waals surface area contributed by atoms with E-state index in [1.807, 2.05) is 13.0 Å². The summed E-state index contributed by atoms with van der Waals surface area (Å²) in [6.07, 6.45) is 0.220. The van der Waals surface area contributed by atoms with E-state index in [1.165, 1.54) is 0 Å². The van der Waals surface area contributed by atoms with Gasteiger partial charge in [0.2, 0.25) is 0 Å². The van der Waals surface area contributed by atoms with Gasteiger partial charge in [0.15, 0.2) is 0 Å². The third-order valence-electron chi connectivity index (χ3n) is 1.37. The first-order chi connectivity index (χ1) is 4.86. The molecule has 2 nitrogen and oxygen atoms in total. The van der Waals surface area contributed by atoms with E-state index in [4.69, 9.17) is 9.47 Å². The second-order valence-corrected chi connectivity index (χ2v) is 4.16. The van der Waals surface area contributed by atoms with Crippen molar-refractivity contribution in [1.82, 2.24) is 0 Å². The molecule has 0 fully saturated rings. The maximum absolute atomic E-state index is 5.49. The fourth-order valence-corrected chi connectivity index (χ4v) is 2.35. The van der Waals surface area contributed by atoms with Gasteiger partial charge in [-0.15, -0.1) is 0 Å². The molecule has 3 heteroatoms. The van der Waals surface area contributed by atoms with Crippen molar-refractivity contribution in [3.63, 3.8) is 0 Å². The van der Waals surface area contributed by atoms with Gasteiger partial charge in [-0.25, -0.2) is 0 Å². The van der Waals surface area contributed by atoms with Crippen LogP contribution in [0.25, 0.3) is 0 Å². The molecule has 0 amide bonds. The molecule has 0 bridgehead atoms. The van der Waals surface area contributed by atoms with Gasteiger partial charge in [0, 0.05) is 0 Å². The predicted molar refractivity (Wildman–Crippen MR) is 39.0 cm³/mol. The molecule has 0 spiro atoms. The first-order valence-corrected chi connectivity index (χ1v) is 5.08. The van der Waals surface area contributed by atoms with Crippen molar-refractivity contribution in [2.24, 2.45) is 0 Å². The van der Waals surface area contributed by atoms with E-state index in [9.17, 15) is 0 Å². The summed E-state index contributed by atoms with van der Waals surface area (Å²) in [6.45, 7) is 2.73. The van der Waals surface area contributed by atoms with Crippen molar-refractivity contribution < 1.29 is 9.47 Å². The van der Waals surface area contributed by atoms with Crippen LogP contribution in [0.2, 0.25) is 0 Å². The predicted octanol–water partition coefficient (Wildman–Crippen LogP) is 0.903. The standard InChI is InChI=1S/C7H8O2Se/c1-5-4-8-7-6(9-5)2-3-10-7/h2-3,5H,4H2,1H3. The van der Waals surface area contributed by atoms with Crippen molar-refractivity contribution >= 4 is 14.5 Å². The minimum atomic E-state index is 0.220. The molecule has 2 heterocycles. The van der Waals surface area contributed by atoms with Gasteiger partial charge in [-0.2, -0.15) is 0 Å². The van der Waals surface area contributed by atoms with Gasteiger partial charge in [0.25, 0.3) is 0 Å². The zero-order valence-corrected chi connectivity index (χ0v) is 7.38. The normalized spacial score (nSPS) is 22.7. The molecule has 10 heavy (non-hydrogen) atoms.